The normalized spacial score (nSPS) is 19.5. The summed E-state index contributed by atoms with van der Waals surface area (Å²) in [7, 11) is -1.26. The summed E-state index contributed by atoms with van der Waals surface area (Å²) in [6.45, 7) is 1.11. The number of aryl methyl sites for hydroxylation is 1. The van der Waals surface area contributed by atoms with Crippen molar-refractivity contribution in [3.8, 4) is 12.3 Å². The Labute approximate surface area is 247 Å². The van der Waals surface area contributed by atoms with E-state index in [-0.39, 0.29) is 6.61 Å². The standard InChI is InChI=1S/C25H24Cl3N7O4S/c1-2-15-12-29-19(30-13-15)16-4-9-35(10-5-16)22-31-17-6-11-40(38)18(17)20(32-22)34-24(7-3-8-24)14-39-23(37)33-21(36)25(26,27)28/h1,4,12-13H,3,5-11,14H2,(H,31,32,34)(H,33,36,37)/t40-/m1/s1. The van der Waals surface area contributed by atoms with Crippen molar-refractivity contribution in [3.63, 3.8) is 0 Å². The van der Waals surface area contributed by atoms with Gasteiger partial charge in [0.05, 0.1) is 27.6 Å². The number of imide groups is 1. The van der Waals surface area contributed by atoms with E-state index in [4.69, 9.17) is 55.9 Å². The Hall–Kier alpha value is -2.98. The number of carbonyl (C=O) groups excluding carboxylic acids is 2. The zero-order valence-corrected chi connectivity index (χ0v) is 24.2. The largest absolute Gasteiger partial charge is 0.447 e. The summed E-state index contributed by atoms with van der Waals surface area (Å²) in [5, 5.41) is 5.29. The maximum absolute atomic E-state index is 12.9. The van der Waals surface area contributed by atoms with Gasteiger partial charge < -0.3 is 15.0 Å². The molecule has 0 radical (unpaired) electrons. The molecular formula is C25H24Cl3N7O4S. The zero-order valence-electron chi connectivity index (χ0n) is 21.1. The topological polar surface area (TPSA) is 139 Å². The van der Waals surface area contributed by atoms with Crippen LogP contribution in [0.2, 0.25) is 0 Å². The van der Waals surface area contributed by atoms with Crippen molar-refractivity contribution in [2.45, 2.75) is 46.3 Å². The third-order valence-corrected chi connectivity index (χ3v) is 8.89. The SMILES string of the molecule is C#Cc1cnc(C2=CCN(c3nc4c(c(NC5(COC(=O)NC(=O)C(Cl)(Cl)Cl)CCC5)n3)[S@](=O)CC4)CC2)nc1. The van der Waals surface area contributed by atoms with E-state index in [2.05, 4.69) is 21.2 Å². The van der Waals surface area contributed by atoms with Crippen LogP contribution in [0.15, 0.2) is 23.4 Å². The van der Waals surface area contributed by atoms with Crippen LogP contribution in [0.3, 0.4) is 0 Å². The molecule has 15 heteroatoms. The molecule has 11 nitrogen and oxygen atoms in total. The average molecular weight is 625 g/mol. The maximum atomic E-state index is 12.9. The van der Waals surface area contributed by atoms with Gasteiger partial charge in [-0.3, -0.25) is 14.3 Å². The lowest BCUT2D eigenvalue weighted by Crippen LogP contribution is -2.51. The van der Waals surface area contributed by atoms with E-state index in [1.807, 2.05) is 16.3 Å². The van der Waals surface area contributed by atoms with Crippen LogP contribution < -0.4 is 15.5 Å². The number of terminal acetylenes is 1. The monoisotopic (exact) mass is 623 g/mol. The van der Waals surface area contributed by atoms with Crippen molar-refractivity contribution in [3.05, 3.63) is 35.6 Å². The highest BCUT2D eigenvalue weighted by molar-refractivity contribution is 7.85. The van der Waals surface area contributed by atoms with Crippen LogP contribution in [0.1, 0.15) is 42.8 Å². The van der Waals surface area contributed by atoms with E-state index in [9.17, 15) is 13.8 Å². The number of nitrogens with one attached hydrogen (secondary N) is 2. The molecule has 2 amide bonds. The van der Waals surface area contributed by atoms with Crippen molar-refractivity contribution in [1.82, 2.24) is 25.3 Å². The number of carbonyl (C=O) groups is 2. The quantitative estimate of drug-likeness (QED) is 0.364. The van der Waals surface area contributed by atoms with Crippen LogP contribution in [0.5, 0.6) is 0 Å². The molecule has 2 N–H and O–H groups in total. The van der Waals surface area contributed by atoms with Crippen molar-refractivity contribution >= 4 is 74.9 Å². The van der Waals surface area contributed by atoms with Gasteiger partial charge in [-0.05, 0) is 31.3 Å². The summed E-state index contributed by atoms with van der Waals surface area (Å²) in [4.78, 5) is 44.7. The van der Waals surface area contributed by atoms with Gasteiger partial charge in [0, 0.05) is 37.7 Å². The van der Waals surface area contributed by atoms with Crippen molar-refractivity contribution in [1.29, 1.82) is 0 Å². The van der Waals surface area contributed by atoms with E-state index in [0.29, 0.717) is 72.6 Å². The molecule has 5 rings (SSSR count). The fourth-order valence-corrected chi connectivity index (χ4v) is 6.04. The lowest BCUT2D eigenvalue weighted by Gasteiger charge is -2.42. The van der Waals surface area contributed by atoms with Gasteiger partial charge in [0.25, 0.3) is 9.70 Å². The Balaban J connectivity index is 1.32. The molecule has 1 atom stereocenters. The number of alkyl halides is 3. The molecule has 1 saturated carbocycles. The molecule has 0 spiro atoms. The Morgan fingerprint density at radius 3 is 2.55 bits per heavy atom. The van der Waals surface area contributed by atoms with Crippen LogP contribution in [-0.4, -0.2) is 70.9 Å². The summed E-state index contributed by atoms with van der Waals surface area (Å²) in [6.07, 6.45) is 13.1. The van der Waals surface area contributed by atoms with Gasteiger partial charge in [-0.2, -0.15) is 4.98 Å². The van der Waals surface area contributed by atoms with Gasteiger partial charge >= 0.3 is 6.09 Å². The number of rotatable bonds is 6. The molecule has 0 aromatic carbocycles. The Kier molecular flexibility index (Phi) is 8.20. The van der Waals surface area contributed by atoms with Crippen molar-refractivity contribution in [2.75, 3.05) is 35.7 Å². The Morgan fingerprint density at radius 2 is 1.95 bits per heavy atom. The first kappa shape index (κ1) is 28.5. The second-order valence-corrected chi connectivity index (χ2v) is 13.4. The van der Waals surface area contributed by atoms with Gasteiger partial charge in [-0.15, -0.1) is 6.42 Å². The summed E-state index contributed by atoms with van der Waals surface area (Å²) in [6, 6.07) is 0. The molecule has 0 saturated heterocycles. The minimum Gasteiger partial charge on any atom is -0.447 e. The van der Waals surface area contributed by atoms with Crippen molar-refractivity contribution < 1.29 is 18.5 Å². The van der Waals surface area contributed by atoms with Gasteiger partial charge in [-0.1, -0.05) is 46.8 Å². The number of hydrogen-bond acceptors (Lipinski definition) is 10. The molecule has 2 aliphatic heterocycles. The molecule has 210 valence electrons. The predicted octanol–water partition coefficient (Wildman–Crippen LogP) is 3.16. The number of alkyl carbamates (subject to hydrolysis) is 1. The van der Waals surface area contributed by atoms with Crippen LogP contribution in [0, 0.1) is 12.3 Å². The van der Waals surface area contributed by atoms with E-state index in [1.165, 1.54) is 0 Å². The Bertz CT molecular complexity index is 1440. The average Bonchev–Trinajstić information content (AvgIpc) is 3.30. The molecule has 2 aromatic heterocycles. The highest BCUT2D eigenvalue weighted by Gasteiger charge is 2.41. The molecular weight excluding hydrogens is 601 g/mol. The first-order valence-electron chi connectivity index (χ1n) is 12.4. The highest BCUT2D eigenvalue weighted by atomic mass is 35.6. The number of amides is 2. The lowest BCUT2D eigenvalue weighted by molar-refractivity contribution is -0.119. The molecule has 1 fully saturated rings. The fraction of sp³-hybridized carbons (Fsp3) is 0.440. The lowest BCUT2D eigenvalue weighted by atomic mass is 9.77. The van der Waals surface area contributed by atoms with Gasteiger partial charge in [-0.25, -0.2) is 19.7 Å². The summed E-state index contributed by atoms with van der Waals surface area (Å²) in [5.74, 6) is 3.47. The first-order chi connectivity index (χ1) is 19.1. The molecule has 0 unspecified atom stereocenters. The number of fused-ring (bicyclic) bond motifs is 1. The zero-order chi connectivity index (χ0) is 28.5. The van der Waals surface area contributed by atoms with Gasteiger partial charge in [0.1, 0.15) is 17.3 Å². The van der Waals surface area contributed by atoms with Crippen LogP contribution >= 0.6 is 34.8 Å². The smallest absolute Gasteiger partial charge is 0.414 e. The van der Waals surface area contributed by atoms with E-state index >= 15 is 0 Å². The van der Waals surface area contributed by atoms with Gasteiger partial charge in [0.15, 0.2) is 5.82 Å². The minimum atomic E-state index is -2.29. The Morgan fingerprint density at radius 1 is 1.20 bits per heavy atom. The number of hydrogen-bond donors (Lipinski definition) is 2. The minimum absolute atomic E-state index is 0.0685. The molecule has 40 heavy (non-hydrogen) atoms. The van der Waals surface area contributed by atoms with Crippen LogP contribution in [0.4, 0.5) is 16.6 Å². The number of aromatic nitrogens is 4. The van der Waals surface area contributed by atoms with E-state index in [0.717, 1.165) is 17.7 Å². The van der Waals surface area contributed by atoms with E-state index in [1.54, 1.807) is 12.4 Å². The van der Waals surface area contributed by atoms with Crippen LogP contribution in [0.25, 0.3) is 5.57 Å². The van der Waals surface area contributed by atoms with Gasteiger partial charge in [0.2, 0.25) is 5.95 Å². The number of halogens is 3. The van der Waals surface area contributed by atoms with E-state index < -0.39 is 32.1 Å². The summed E-state index contributed by atoms with van der Waals surface area (Å²) >= 11 is 16.5. The van der Waals surface area contributed by atoms with Crippen molar-refractivity contribution in [2.24, 2.45) is 0 Å². The highest BCUT2D eigenvalue weighted by Crippen LogP contribution is 2.39. The second kappa shape index (κ2) is 11.5. The maximum Gasteiger partial charge on any atom is 0.414 e. The first-order valence-corrected chi connectivity index (χ1v) is 14.9. The molecule has 4 heterocycles. The molecule has 0 bridgehead atoms. The third kappa shape index (κ3) is 6.17. The number of ether oxygens (including phenoxy) is 1. The van der Waals surface area contributed by atoms with Crippen LogP contribution in [-0.2, 0) is 26.8 Å². The molecule has 3 aliphatic rings. The molecule has 1 aliphatic carbocycles. The number of anilines is 2. The molecule has 2 aromatic rings. The predicted molar refractivity (Wildman–Crippen MR) is 152 cm³/mol. The third-order valence-electron chi connectivity index (χ3n) is 6.92. The summed E-state index contributed by atoms with van der Waals surface area (Å²) in [5.41, 5.74) is 1.72. The fourth-order valence-electron chi connectivity index (χ4n) is 4.60. The summed E-state index contributed by atoms with van der Waals surface area (Å²) < 4.78 is 15.8. The second-order valence-electron chi connectivity index (χ2n) is 9.60. The number of nitrogens with zero attached hydrogens (tertiary/aromatic N) is 5.